The van der Waals surface area contributed by atoms with E-state index in [9.17, 15) is 5.11 Å². The first-order valence-electron chi connectivity index (χ1n) is 9.63. The second-order valence-corrected chi connectivity index (χ2v) is 6.31. The monoisotopic (exact) mass is 475 g/mol. The summed E-state index contributed by atoms with van der Waals surface area (Å²) in [6.07, 6.45) is 9.19. The van der Waals surface area contributed by atoms with Crippen LogP contribution in [-0.2, 0) is 36.6 Å². The van der Waals surface area contributed by atoms with Crippen molar-refractivity contribution in [3.63, 3.8) is 0 Å². The van der Waals surface area contributed by atoms with Crippen LogP contribution in [-0.4, -0.2) is 17.2 Å². The quantitative estimate of drug-likeness (QED) is 0.251. The van der Waals surface area contributed by atoms with E-state index in [-0.39, 0.29) is 29.2 Å². The first kappa shape index (κ1) is 34.2. The van der Waals surface area contributed by atoms with Crippen LogP contribution in [0.15, 0.2) is 85.0 Å². The van der Waals surface area contributed by atoms with Crippen molar-refractivity contribution >= 4 is 0 Å². The molecule has 0 saturated heterocycles. The molecule has 0 aromatic heterocycles. The molecule has 5 nitrogen and oxygen atoms in total. The minimum Gasteiger partial charge on any atom is 0 e. The van der Waals surface area contributed by atoms with E-state index in [1.54, 1.807) is 0 Å². The topological polar surface area (TPSA) is 92.0 Å². The summed E-state index contributed by atoms with van der Waals surface area (Å²) in [7, 11) is 0. The maximum atomic E-state index is 11.7. The standard InChI is InChI=1S/C23H29NO.3CO.Fe/c1-4-6-9-18-22(5-2)24-19(3)23(25,20-14-10-7-11-15-20)21-16-12-8-13-17-21;3*1-2;/h4,6-19,22,24-25H,5H2,1-3H3;;;;/b6-4+,18-9+;;;;/t19-,22-;;;;/m0..../s1. The third-order valence-electron chi connectivity index (χ3n) is 4.61. The first-order valence-corrected chi connectivity index (χ1v) is 9.63. The predicted molar refractivity (Wildman–Crippen MR) is 118 cm³/mol. The molecule has 0 heterocycles. The Kier molecular flexibility index (Phi) is 23.3. The number of hydrogen-bond acceptors (Lipinski definition) is 2. The summed E-state index contributed by atoms with van der Waals surface area (Å²) in [5, 5.41) is 15.3. The zero-order chi connectivity index (χ0) is 24.1. The summed E-state index contributed by atoms with van der Waals surface area (Å²) in [5.41, 5.74) is 0.701. The molecule has 0 aliphatic carbocycles. The summed E-state index contributed by atoms with van der Waals surface area (Å²) in [6, 6.07) is 19.8. The minimum atomic E-state index is -1.09. The van der Waals surface area contributed by atoms with Crippen molar-refractivity contribution in [3.05, 3.63) is 116 Å². The Morgan fingerprint density at radius 3 is 1.62 bits per heavy atom. The van der Waals surface area contributed by atoms with Crippen LogP contribution in [0, 0.1) is 20.0 Å². The number of aliphatic hydroxyl groups is 1. The Bertz CT molecular complexity index is 760. The average molecular weight is 475 g/mol. The second kappa shape index (κ2) is 21.8. The van der Waals surface area contributed by atoms with Gasteiger partial charge < -0.3 is 10.4 Å². The van der Waals surface area contributed by atoms with Gasteiger partial charge in [0, 0.05) is 29.2 Å². The summed E-state index contributed by atoms with van der Waals surface area (Å²) < 4.78 is 22.5. The van der Waals surface area contributed by atoms with Gasteiger partial charge in [-0.25, -0.2) is 0 Å². The van der Waals surface area contributed by atoms with E-state index < -0.39 is 5.60 Å². The Morgan fingerprint density at radius 1 is 0.875 bits per heavy atom. The van der Waals surface area contributed by atoms with Gasteiger partial charge in [0.05, 0.1) is 0 Å². The summed E-state index contributed by atoms with van der Waals surface area (Å²) in [4.78, 5) is 0. The molecule has 0 radical (unpaired) electrons. The third-order valence-corrected chi connectivity index (χ3v) is 4.61. The summed E-state index contributed by atoms with van der Waals surface area (Å²) in [5.74, 6) is 0. The molecular formula is C26H29FeNO4. The number of benzene rings is 2. The van der Waals surface area contributed by atoms with Gasteiger partial charge in [0.1, 0.15) is 5.60 Å². The molecule has 2 atom stereocenters. The summed E-state index contributed by atoms with van der Waals surface area (Å²) in [6.45, 7) is 19.7. The summed E-state index contributed by atoms with van der Waals surface area (Å²) >= 11 is 0. The van der Waals surface area contributed by atoms with Crippen molar-refractivity contribution in [2.24, 2.45) is 0 Å². The van der Waals surface area contributed by atoms with Crippen molar-refractivity contribution in [2.45, 2.75) is 44.9 Å². The van der Waals surface area contributed by atoms with Gasteiger partial charge in [0.2, 0.25) is 0 Å². The smallest absolute Gasteiger partial charge is 0 e. The SMILES string of the molecule is C/C=C/C=C/[C@H](CC)N[C@@H](C)C(O)(c1ccccc1)c1ccccc1.[C-]#[O+].[C-]#[O+].[C-]#[O+].[Fe]. The molecule has 2 aromatic carbocycles. The fraction of sp³-hybridized carbons (Fsp3) is 0.269. The third kappa shape index (κ3) is 10.7. The molecule has 2 N–H and O–H groups in total. The molecule has 32 heavy (non-hydrogen) atoms. The predicted octanol–water partition coefficient (Wildman–Crippen LogP) is 4.70. The normalized spacial score (nSPS) is 11.8. The second-order valence-electron chi connectivity index (χ2n) is 6.31. The largest absolute Gasteiger partial charge is 0 e. The van der Waals surface area contributed by atoms with Crippen LogP contribution >= 0.6 is 0 Å². The molecule has 0 spiro atoms. The molecule has 0 fully saturated rings. The minimum absolute atomic E-state index is 0. The Hall–Kier alpha value is -2.42. The van der Waals surface area contributed by atoms with Gasteiger partial charge in [-0.2, -0.15) is 0 Å². The molecule has 0 aliphatic rings. The molecule has 0 saturated carbocycles. The van der Waals surface area contributed by atoms with Gasteiger partial charge in [-0.3, -0.25) is 0 Å². The fourth-order valence-electron chi connectivity index (χ4n) is 3.11. The number of hydrogen-bond donors (Lipinski definition) is 2. The molecule has 0 bridgehead atoms. The zero-order valence-corrected chi connectivity index (χ0v) is 19.6. The van der Waals surface area contributed by atoms with Crippen LogP contribution in [0.2, 0.25) is 0 Å². The Morgan fingerprint density at radius 2 is 1.28 bits per heavy atom. The van der Waals surface area contributed by atoms with E-state index in [4.69, 9.17) is 14.0 Å². The van der Waals surface area contributed by atoms with E-state index in [1.807, 2.05) is 86.7 Å². The molecular weight excluding hydrogens is 446 g/mol. The van der Waals surface area contributed by atoms with Gasteiger partial charge in [-0.1, -0.05) is 91.9 Å². The van der Waals surface area contributed by atoms with Crippen molar-refractivity contribution in [2.75, 3.05) is 0 Å². The van der Waals surface area contributed by atoms with E-state index >= 15 is 0 Å². The van der Waals surface area contributed by atoms with Crippen LogP contribution in [0.3, 0.4) is 0 Å². The maximum Gasteiger partial charge on any atom is 0 e. The molecule has 2 rings (SSSR count). The van der Waals surface area contributed by atoms with Gasteiger partial charge in [0.25, 0.3) is 0 Å². The molecule has 6 heteroatoms. The molecule has 0 amide bonds. The van der Waals surface area contributed by atoms with Crippen molar-refractivity contribution in [1.29, 1.82) is 0 Å². The Balaban J connectivity index is -0.00000111. The van der Waals surface area contributed by atoms with Gasteiger partial charge in [0.15, 0.2) is 0 Å². The number of rotatable bonds is 8. The van der Waals surface area contributed by atoms with Crippen LogP contribution in [0.1, 0.15) is 38.3 Å². The van der Waals surface area contributed by atoms with Crippen LogP contribution in [0.4, 0.5) is 0 Å². The number of nitrogens with one attached hydrogen (secondary N) is 1. The van der Waals surface area contributed by atoms with Crippen molar-refractivity contribution < 1.29 is 36.1 Å². The van der Waals surface area contributed by atoms with Gasteiger partial charge >= 0.3 is 33.9 Å². The van der Waals surface area contributed by atoms with E-state index in [0.717, 1.165) is 17.5 Å². The van der Waals surface area contributed by atoms with E-state index in [1.165, 1.54) is 0 Å². The average Bonchev–Trinajstić information content (AvgIpc) is 2.87. The molecule has 2 aromatic rings. The zero-order valence-electron chi connectivity index (χ0n) is 18.5. The molecule has 0 unspecified atom stereocenters. The molecule has 0 aliphatic heterocycles. The number of allylic oxidation sites excluding steroid dienone is 3. The van der Waals surface area contributed by atoms with Crippen LogP contribution < -0.4 is 5.32 Å². The van der Waals surface area contributed by atoms with Gasteiger partial charge in [-0.05, 0) is 31.4 Å². The van der Waals surface area contributed by atoms with Crippen molar-refractivity contribution in [1.82, 2.24) is 5.32 Å². The first-order chi connectivity index (χ1) is 15.1. The van der Waals surface area contributed by atoms with Crippen LogP contribution in [0.25, 0.3) is 0 Å². The van der Waals surface area contributed by atoms with E-state index in [2.05, 4.69) is 44.3 Å². The maximum absolute atomic E-state index is 11.7. The van der Waals surface area contributed by atoms with Crippen LogP contribution in [0.5, 0.6) is 0 Å². The van der Waals surface area contributed by atoms with E-state index in [0.29, 0.717) is 0 Å². The fourth-order valence-corrected chi connectivity index (χ4v) is 3.11. The van der Waals surface area contributed by atoms with Gasteiger partial charge in [-0.15, -0.1) is 0 Å². The van der Waals surface area contributed by atoms with Crippen molar-refractivity contribution in [3.8, 4) is 0 Å². The Labute approximate surface area is 202 Å². The molecule has 170 valence electrons.